The number of hydrogen-bond donors (Lipinski definition) is 1. The van der Waals surface area contributed by atoms with Crippen LogP contribution in [0.25, 0.3) is 0 Å². The van der Waals surface area contributed by atoms with Gasteiger partial charge in [0.1, 0.15) is 11.4 Å². The molecule has 2 aliphatic heterocycles. The fourth-order valence-electron chi connectivity index (χ4n) is 4.03. The number of hydrogen-bond acceptors (Lipinski definition) is 4. The number of carbonyl (C=O) groups excluding carboxylic acids is 1. The molecule has 4 rings (SSSR count). The third-order valence-corrected chi connectivity index (χ3v) is 6.59. The zero-order valence-electron chi connectivity index (χ0n) is 19.5. The van der Waals surface area contributed by atoms with E-state index in [0.717, 1.165) is 0 Å². The van der Waals surface area contributed by atoms with Gasteiger partial charge in [-0.05, 0) is 77.7 Å². The van der Waals surface area contributed by atoms with E-state index < -0.39 is 41.5 Å². The minimum atomic E-state index is -0.793. The largest absolute Gasteiger partial charge is 0.495 e. The van der Waals surface area contributed by atoms with Crippen LogP contribution in [0.3, 0.4) is 0 Å². The first-order valence-electron chi connectivity index (χ1n) is 10.7. The van der Waals surface area contributed by atoms with Crippen LogP contribution in [0.5, 0.6) is 5.75 Å². The zero-order chi connectivity index (χ0) is 23.6. The number of amides is 1. The monoisotopic (exact) mass is 443 g/mol. The molecule has 0 unspecified atom stereocenters. The van der Waals surface area contributed by atoms with Crippen LogP contribution in [0.4, 0.5) is 14.5 Å². The summed E-state index contributed by atoms with van der Waals surface area (Å²) in [6, 6.07) is 5.65. The van der Waals surface area contributed by atoms with Crippen LogP contribution in [0, 0.1) is 18.6 Å². The molecule has 0 aromatic heterocycles. The van der Waals surface area contributed by atoms with Crippen molar-refractivity contribution in [1.29, 1.82) is 0 Å². The molecule has 1 fully saturated rings. The maximum atomic E-state index is 15.0. The Hall–Kier alpha value is -2.45. The fraction of sp³-hybridized carbons (Fsp3) is 0.458. The average Bonchev–Trinajstić information content (AvgIpc) is 3.09. The summed E-state index contributed by atoms with van der Waals surface area (Å²) in [7, 11) is -0.793. The Morgan fingerprint density at radius 3 is 2.28 bits per heavy atom. The minimum Gasteiger partial charge on any atom is -0.484 e. The molecule has 0 saturated carbocycles. The average molecular weight is 443 g/mol. The molecule has 0 aliphatic carbocycles. The van der Waals surface area contributed by atoms with Crippen molar-refractivity contribution in [3.63, 3.8) is 0 Å². The molecule has 0 bridgehead atoms. The number of nitrogens with one attached hydrogen (secondary N) is 1. The van der Waals surface area contributed by atoms with Crippen molar-refractivity contribution in [3.05, 3.63) is 52.6 Å². The highest BCUT2D eigenvalue weighted by Crippen LogP contribution is 2.39. The van der Waals surface area contributed by atoms with Crippen molar-refractivity contribution in [3.8, 4) is 5.75 Å². The highest BCUT2D eigenvalue weighted by atomic mass is 19.1. The molecule has 0 spiro atoms. The van der Waals surface area contributed by atoms with Crippen molar-refractivity contribution < 1.29 is 27.6 Å². The lowest BCUT2D eigenvalue weighted by molar-refractivity contribution is 0.00578. The number of rotatable bonds is 3. The summed E-state index contributed by atoms with van der Waals surface area (Å²) in [5.74, 6) is -1.87. The summed E-state index contributed by atoms with van der Waals surface area (Å²) < 4.78 is 47.3. The zero-order valence-corrected chi connectivity index (χ0v) is 19.5. The second kappa shape index (κ2) is 7.28. The Balaban J connectivity index is 1.64. The Morgan fingerprint density at radius 2 is 1.66 bits per heavy atom. The summed E-state index contributed by atoms with van der Waals surface area (Å²) in [5.41, 5.74) is 0.102. The number of ether oxygens (including phenoxy) is 1. The molecule has 1 N–H and O–H groups in total. The van der Waals surface area contributed by atoms with Gasteiger partial charge in [0.2, 0.25) is 0 Å². The van der Waals surface area contributed by atoms with Gasteiger partial charge in [-0.2, -0.15) is 0 Å². The molecule has 2 aromatic carbocycles. The molecule has 170 valence electrons. The van der Waals surface area contributed by atoms with Crippen LogP contribution in [-0.2, 0) is 15.7 Å². The lowest BCUT2D eigenvalue weighted by atomic mass is 9.75. The Bertz CT molecular complexity index is 1100. The SMILES string of the molecule is Cc1c(NC(=O)c2ccc3c(c2F)OC(C)(C)C3)cc(F)cc1B1OC(C)(C)C(C)(C)O1. The normalized spacial score (nSPS) is 20.1. The molecular weight excluding hydrogens is 415 g/mol. The van der Waals surface area contributed by atoms with E-state index in [0.29, 0.717) is 23.0 Å². The second-order valence-electron chi connectivity index (χ2n) is 10.2. The minimum absolute atomic E-state index is 0.0940. The van der Waals surface area contributed by atoms with E-state index in [1.807, 2.05) is 41.5 Å². The van der Waals surface area contributed by atoms with Gasteiger partial charge in [-0.25, -0.2) is 8.78 Å². The van der Waals surface area contributed by atoms with Gasteiger partial charge >= 0.3 is 7.12 Å². The number of halogens is 2. The molecule has 1 amide bonds. The van der Waals surface area contributed by atoms with E-state index in [-0.39, 0.29) is 17.0 Å². The third kappa shape index (κ3) is 3.79. The summed E-state index contributed by atoms with van der Waals surface area (Å²) in [6.45, 7) is 13.1. The number of anilines is 1. The van der Waals surface area contributed by atoms with Gasteiger partial charge in [-0.15, -0.1) is 0 Å². The van der Waals surface area contributed by atoms with Crippen LogP contribution < -0.4 is 15.5 Å². The topological polar surface area (TPSA) is 56.8 Å². The molecule has 0 atom stereocenters. The maximum absolute atomic E-state index is 15.0. The quantitative estimate of drug-likeness (QED) is 0.708. The first kappa shape index (κ1) is 22.7. The summed E-state index contributed by atoms with van der Waals surface area (Å²) in [5, 5.41) is 2.64. The first-order chi connectivity index (χ1) is 14.7. The van der Waals surface area contributed by atoms with Crippen molar-refractivity contribution in [2.75, 3.05) is 5.32 Å². The van der Waals surface area contributed by atoms with E-state index in [1.54, 1.807) is 13.0 Å². The van der Waals surface area contributed by atoms with E-state index in [2.05, 4.69) is 5.32 Å². The van der Waals surface area contributed by atoms with Crippen LogP contribution in [0.2, 0.25) is 0 Å². The van der Waals surface area contributed by atoms with Crippen LogP contribution in [0.15, 0.2) is 24.3 Å². The van der Waals surface area contributed by atoms with Crippen molar-refractivity contribution >= 4 is 24.2 Å². The third-order valence-electron chi connectivity index (χ3n) is 6.59. The lowest BCUT2D eigenvalue weighted by Gasteiger charge is -2.32. The van der Waals surface area contributed by atoms with Gasteiger partial charge in [0.15, 0.2) is 11.6 Å². The second-order valence-corrected chi connectivity index (χ2v) is 10.2. The molecule has 8 heteroatoms. The molecule has 2 aromatic rings. The van der Waals surface area contributed by atoms with E-state index in [9.17, 15) is 9.18 Å². The van der Waals surface area contributed by atoms with Gasteiger partial charge in [0.25, 0.3) is 5.91 Å². The fourth-order valence-corrected chi connectivity index (χ4v) is 4.03. The maximum Gasteiger partial charge on any atom is 0.495 e. The lowest BCUT2D eigenvalue weighted by Crippen LogP contribution is -2.41. The molecule has 2 heterocycles. The van der Waals surface area contributed by atoms with Gasteiger partial charge in [0, 0.05) is 17.7 Å². The smallest absolute Gasteiger partial charge is 0.484 e. The van der Waals surface area contributed by atoms with E-state index in [4.69, 9.17) is 14.0 Å². The van der Waals surface area contributed by atoms with Crippen molar-refractivity contribution in [1.82, 2.24) is 0 Å². The Morgan fingerprint density at radius 1 is 1.03 bits per heavy atom. The molecule has 32 heavy (non-hydrogen) atoms. The molecular formula is C24H28BF2NO4. The van der Waals surface area contributed by atoms with Crippen LogP contribution >= 0.6 is 0 Å². The van der Waals surface area contributed by atoms with Gasteiger partial charge < -0.3 is 19.4 Å². The van der Waals surface area contributed by atoms with Gasteiger partial charge in [-0.3, -0.25) is 4.79 Å². The molecule has 2 aliphatic rings. The summed E-state index contributed by atoms with van der Waals surface area (Å²) in [4.78, 5) is 12.9. The van der Waals surface area contributed by atoms with Crippen molar-refractivity contribution in [2.24, 2.45) is 0 Å². The Kier molecular flexibility index (Phi) is 5.18. The van der Waals surface area contributed by atoms with Gasteiger partial charge in [0.05, 0.1) is 16.8 Å². The molecule has 1 saturated heterocycles. The number of carbonyl (C=O) groups is 1. The van der Waals surface area contributed by atoms with Crippen LogP contribution in [-0.4, -0.2) is 29.8 Å². The van der Waals surface area contributed by atoms with Crippen molar-refractivity contribution in [2.45, 2.75) is 71.7 Å². The molecule has 0 radical (unpaired) electrons. The summed E-state index contributed by atoms with van der Waals surface area (Å²) >= 11 is 0. The number of benzene rings is 2. The molecule has 5 nitrogen and oxygen atoms in total. The van der Waals surface area contributed by atoms with Crippen LogP contribution in [0.1, 0.15) is 63.0 Å². The number of fused-ring (bicyclic) bond motifs is 1. The highest BCUT2D eigenvalue weighted by Gasteiger charge is 2.52. The highest BCUT2D eigenvalue weighted by molar-refractivity contribution is 6.62. The van der Waals surface area contributed by atoms with E-state index >= 15 is 4.39 Å². The first-order valence-corrected chi connectivity index (χ1v) is 10.7. The summed E-state index contributed by atoms with van der Waals surface area (Å²) in [6.07, 6.45) is 0.557. The van der Waals surface area contributed by atoms with E-state index in [1.165, 1.54) is 18.2 Å². The standard InChI is InChI=1S/C24H28BF2NO4/c1-13-17(25-31-23(4,5)24(6,7)32-25)10-15(26)11-18(13)28-21(29)16-9-8-14-12-22(2,3)30-20(14)19(16)27/h8-11H,12H2,1-7H3,(H,28,29). The predicted molar refractivity (Wildman–Crippen MR) is 120 cm³/mol. The Labute approximate surface area is 187 Å². The predicted octanol–water partition coefficient (Wildman–Crippen LogP) is 4.54. The van der Waals surface area contributed by atoms with Gasteiger partial charge in [-0.1, -0.05) is 6.07 Å².